The van der Waals surface area contributed by atoms with Crippen LogP contribution in [0.1, 0.15) is 22.7 Å². The van der Waals surface area contributed by atoms with Crippen LogP contribution in [0.2, 0.25) is 0 Å². The van der Waals surface area contributed by atoms with Gasteiger partial charge in [-0.05, 0) is 30.2 Å². The molecule has 28 heavy (non-hydrogen) atoms. The van der Waals surface area contributed by atoms with Crippen molar-refractivity contribution in [2.75, 3.05) is 34.0 Å². The summed E-state index contributed by atoms with van der Waals surface area (Å²) < 4.78 is 44.8. The molecule has 1 fully saturated rings. The van der Waals surface area contributed by atoms with Crippen LogP contribution >= 0.6 is 0 Å². The van der Waals surface area contributed by atoms with E-state index >= 15 is 0 Å². The van der Waals surface area contributed by atoms with E-state index in [1.165, 1.54) is 6.92 Å². The van der Waals surface area contributed by atoms with Crippen LogP contribution in [-0.2, 0) is 11.3 Å². The molecule has 0 radical (unpaired) electrons. The summed E-state index contributed by atoms with van der Waals surface area (Å²) in [7, 11) is 3.10. The molecule has 2 aromatic carbocycles. The third-order valence-corrected chi connectivity index (χ3v) is 5.11. The summed E-state index contributed by atoms with van der Waals surface area (Å²) in [6, 6.07) is 8.29. The minimum atomic E-state index is -0.835. The molecule has 1 N–H and O–H groups in total. The molecular weight excluding hydrogens is 368 g/mol. The van der Waals surface area contributed by atoms with Crippen molar-refractivity contribution >= 4 is 0 Å². The fourth-order valence-electron chi connectivity index (χ4n) is 3.61. The Labute approximate surface area is 163 Å². The molecule has 0 aliphatic carbocycles. The summed E-state index contributed by atoms with van der Waals surface area (Å²) in [5.74, 6) is -0.526. The minimum Gasteiger partial charge on any atom is -0.493 e. The average Bonchev–Trinajstić information content (AvgIpc) is 2.73. The normalized spacial score (nSPS) is 20.2. The van der Waals surface area contributed by atoms with Crippen LogP contribution in [0.25, 0.3) is 0 Å². The maximum absolute atomic E-state index is 14.4. The van der Waals surface area contributed by atoms with E-state index in [0.717, 1.165) is 5.56 Å². The Hall–Kier alpha value is -2.22. The Bertz CT molecular complexity index is 830. The first-order valence-electron chi connectivity index (χ1n) is 9.12. The number of aliphatic hydroxyl groups excluding tert-OH is 1. The van der Waals surface area contributed by atoms with Crippen molar-refractivity contribution in [1.82, 2.24) is 4.90 Å². The molecule has 0 unspecified atom stereocenters. The van der Waals surface area contributed by atoms with E-state index in [9.17, 15) is 13.9 Å². The number of halogens is 2. The molecule has 5 nitrogen and oxygen atoms in total. The quantitative estimate of drug-likeness (QED) is 0.817. The molecule has 7 heteroatoms. The highest BCUT2D eigenvalue weighted by atomic mass is 19.2. The lowest BCUT2D eigenvalue weighted by atomic mass is 9.97. The monoisotopic (exact) mass is 393 g/mol. The topological polar surface area (TPSA) is 51.2 Å². The van der Waals surface area contributed by atoms with Crippen LogP contribution in [-0.4, -0.2) is 50.1 Å². The SMILES string of the molecule is COc1ccc([C@@H]2[C@@H](CO)OCCN2Cc2ccc(C)c(F)c2F)cc1OC. The number of nitrogens with zero attached hydrogens (tertiary/aromatic N) is 1. The van der Waals surface area contributed by atoms with Gasteiger partial charge in [-0.25, -0.2) is 8.78 Å². The molecule has 1 aliphatic rings. The number of ether oxygens (including phenoxy) is 3. The first-order valence-corrected chi connectivity index (χ1v) is 9.12. The highest BCUT2D eigenvalue weighted by Crippen LogP contribution is 2.36. The number of rotatable bonds is 6. The van der Waals surface area contributed by atoms with Gasteiger partial charge in [-0.1, -0.05) is 18.2 Å². The van der Waals surface area contributed by atoms with Gasteiger partial charge in [0, 0.05) is 18.7 Å². The van der Waals surface area contributed by atoms with Crippen molar-refractivity contribution < 1.29 is 28.1 Å². The van der Waals surface area contributed by atoms with E-state index in [4.69, 9.17) is 14.2 Å². The summed E-state index contributed by atoms with van der Waals surface area (Å²) in [6.07, 6.45) is -0.495. The van der Waals surface area contributed by atoms with Crippen molar-refractivity contribution in [2.24, 2.45) is 0 Å². The number of aryl methyl sites for hydroxylation is 1. The van der Waals surface area contributed by atoms with Gasteiger partial charge < -0.3 is 19.3 Å². The summed E-state index contributed by atoms with van der Waals surface area (Å²) in [6.45, 7) is 2.45. The number of morpholine rings is 1. The molecule has 3 rings (SSSR count). The molecule has 0 saturated carbocycles. The lowest BCUT2D eigenvalue weighted by Gasteiger charge is -2.41. The van der Waals surface area contributed by atoms with E-state index in [-0.39, 0.29) is 30.3 Å². The van der Waals surface area contributed by atoms with Gasteiger partial charge in [0.2, 0.25) is 0 Å². The largest absolute Gasteiger partial charge is 0.493 e. The third-order valence-electron chi connectivity index (χ3n) is 5.11. The number of hydrogen-bond acceptors (Lipinski definition) is 5. The Morgan fingerprint density at radius 3 is 2.54 bits per heavy atom. The van der Waals surface area contributed by atoms with E-state index in [2.05, 4.69) is 0 Å². The molecule has 152 valence electrons. The molecule has 1 saturated heterocycles. The third kappa shape index (κ3) is 3.97. The second-order valence-corrected chi connectivity index (χ2v) is 6.79. The zero-order valence-corrected chi connectivity index (χ0v) is 16.2. The van der Waals surface area contributed by atoms with Gasteiger partial charge in [0.1, 0.15) is 6.10 Å². The first-order chi connectivity index (χ1) is 13.5. The minimum absolute atomic E-state index is 0.194. The Balaban J connectivity index is 1.96. The van der Waals surface area contributed by atoms with Crippen molar-refractivity contribution in [3.63, 3.8) is 0 Å². The fourth-order valence-corrected chi connectivity index (χ4v) is 3.61. The molecule has 2 aromatic rings. The maximum atomic E-state index is 14.4. The van der Waals surface area contributed by atoms with Crippen LogP contribution in [0.5, 0.6) is 11.5 Å². The van der Waals surface area contributed by atoms with Crippen LogP contribution < -0.4 is 9.47 Å². The van der Waals surface area contributed by atoms with Crippen LogP contribution in [0.15, 0.2) is 30.3 Å². The van der Waals surface area contributed by atoms with Gasteiger partial charge in [0.05, 0.1) is 33.5 Å². The summed E-state index contributed by atoms with van der Waals surface area (Å²) in [5.41, 5.74) is 1.38. The fraction of sp³-hybridized carbons (Fsp3) is 0.429. The lowest BCUT2D eigenvalue weighted by molar-refractivity contribution is -0.0963. The molecule has 1 heterocycles. The summed E-state index contributed by atoms with van der Waals surface area (Å²) >= 11 is 0. The van der Waals surface area contributed by atoms with Crippen LogP contribution in [0.3, 0.4) is 0 Å². The summed E-state index contributed by atoms with van der Waals surface area (Å²) in [4.78, 5) is 1.98. The standard InChI is InChI=1S/C21H25F2NO4/c1-13-4-5-15(20(23)19(13)22)11-24-8-9-28-18(12-25)21(24)14-6-7-16(26-2)17(10-14)27-3/h4-7,10,18,21,25H,8-9,11-12H2,1-3H3/t18-,21-/m1/s1. The van der Waals surface area contributed by atoms with Gasteiger partial charge in [-0.2, -0.15) is 0 Å². The van der Waals surface area contributed by atoms with Crippen molar-refractivity contribution in [3.8, 4) is 11.5 Å². The zero-order chi connectivity index (χ0) is 20.3. The highest BCUT2D eigenvalue weighted by Gasteiger charge is 2.34. The predicted molar refractivity (Wildman–Crippen MR) is 101 cm³/mol. The lowest BCUT2D eigenvalue weighted by Crippen LogP contribution is -2.46. The van der Waals surface area contributed by atoms with E-state index < -0.39 is 17.7 Å². The van der Waals surface area contributed by atoms with Crippen LogP contribution in [0.4, 0.5) is 8.78 Å². The highest BCUT2D eigenvalue weighted by molar-refractivity contribution is 5.44. The zero-order valence-electron chi connectivity index (χ0n) is 16.2. The Morgan fingerprint density at radius 2 is 1.86 bits per heavy atom. The van der Waals surface area contributed by atoms with E-state index in [1.54, 1.807) is 32.4 Å². The van der Waals surface area contributed by atoms with Gasteiger partial charge in [-0.15, -0.1) is 0 Å². The van der Waals surface area contributed by atoms with Gasteiger partial charge in [0.15, 0.2) is 23.1 Å². The van der Waals surface area contributed by atoms with Crippen LogP contribution in [0, 0.1) is 18.6 Å². The van der Waals surface area contributed by atoms with Crippen molar-refractivity contribution in [1.29, 1.82) is 0 Å². The Morgan fingerprint density at radius 1 is 1.11 bits per heavy atom. The van der Waals surface area contributed by atoms with Gasteiger partial charge in [-0.3, -0.25) is 4.90 Å². The average molecular weight is 393 g/mol. The number of hydrogen-bond donors (Lipinski definition) is 1. The maximum Gasteiger partial charge on any atom is 0.163 e. The molecule has 0 spiro atoms. The second-order valence-electron chi connectivity index (χ2n) is 6.79. The van der Waals surface area contributed by atoms with Crippen molar-refractivity contribution in [2.45, 2.75) is 25.6 Å². The molecule has 1 aliphatic heterocycles. The molecule has 2 atom stereocenters. The molecule has 0 aromatic heterocycles. The smallest absolute Gasteiger partial charge is 0.163 e. The second kappa shape index (κ2) is 8.86. The molecule has 0 bridgehead atoms. The van der Waals surface area contributed by atoms with Gasteiger partial charge in [0.25, 0.3) is 0 Å². The molecular formula is C21H25F2NO4. The first kappa shape index (κ1) is 20.5. The summed E-state index contributed by atoms with van der Waals surface area (Å²) in [5, 5.41) is 9.83. The van der Waals surface area contributed by atoms with Gasteiger partial charge >= 0.3 is 0 Å². The van der Waals surface area contributed by atoms with E-state index in [1.807, 2.05) is 17.0 Å². The Kier molecular flexibility index (Phi) is 6.49. The predicted octanol–water partition coefficient (Wildman–Crippen LogP) is 3.22. The van der Waals surface area contributed by atoms with E-state index in [0.29, 0.717) is 24.7 Å². The molecule has 0 amide bonds. The van der Waals surface area contributed by atoms with Crippen molar-refractivity contribution in [3.05, 3.63) is 58.7 Å². The number of methoxy groups -OCH3 is 2. The number of benzene rings is 2. The number of aliphatic hydroxyl groups is 1.